The summed E-state index contributed by atoms with van der Waals surface area (Å²) in [5.41, 5.74) is 16.1. The zero-order chi connectivity index (χ0) is 42.9. The van der Waals surface area contributed by atoms with Gasteiger partial charge in [0.05, 0.1) is 0 Å². The van der Waals surface area contributed by atoms with Crippen LogP contribution in [-0.2, 0) is 0 Å². The normalized spacial score (nSPS) is 12.1. The van der Waals surface area contributed by atoms with Crippen molar-refractivity contribution in [2.75, 3.05) is 19.6 Å². The first-order valence-electron chi connectivity index (χ1n) is 22.0. The predicted octanol–water partition coefficient (Wildman–Crippen LogP) is 17.0. The molecule has 9 aromatic rings. The van der Waals surface area contributed by atoms with Crippen LogP contribution in [-0.4, -0.2) is 0 Å². The molecule has 0 amide bonds. The molecule has 10 rings (SSSR count). The van der Waals surface area contributed by atoms with Gasteiger partial charge in [-0.3, -0.25) is 0 Å². The van der Waals surface area contributed by atoms with Crippen LogP contribution in [0.25, 0.3) is 5.57 Å². The van der Waals surface area contributed by atoms with Gasteiger partial charge in [0, 0.05) is 68.3 Å². The summed E-state index contributed by atoms with van der Waals surface area (Å²) in [6, 6.07) is 90.4. The fourth-order valence-corrected chi connectivity index (χ4v) is 8.66. The van der Waals surface area contributed by atoms with E-state index in [2.05, 4.69) is 287 Å². The molecule has 0 saturated carbocycles. The maximum Gasteiger partial charge on any atom is 0.0463 e. The van der Waals surface area contributed by atoms with Gasteiger partial charge in [0.2, 0.25) is 0 Å². The first kappa shape index (κ1) is 39.8. The number of anilines is 11. The van der Waals surface area contributed by atoms with Crippen LogP contribution in [0.15, 0.2) is 273 Å². The molecular formula is C60H48N4. The summed E-state index contributed by atoms with van der Waals surface area (Å²) in [4.78, 5) is 9.33. The Balaban J connectivity index is 0.928. The van der Waals surface area contributed by atoms with Crippen molar-refractivity contribution >= 4 is 68.1 Å². The number of nitrogens with zero attached hydrogens (tertiary/aromatic N) is 4. The SMILES string of the molecule is C1=C(c2ccc(N(c3ccccc3)c3ccc(N(c4ccccc4)c4ccccc4)cc3)cc2)CCC(N(c2ccccc2)c2ccc(N(c3ccccc3)c3ccccc3)cc2)=C1. The van der Waals surface area contributed by atoms with Crippen LogP contribution in [0.5, 0.6) is 0 Å². The molecule has 308 valence electrons. The Labute approximate surface area is 377 Å². The summed E-state index contributed by atoms with van der Waals surface area (Å²) in [5.74, 6) is 0. The van der Waals surface area contributed by atoms with E-state index in [0.29, 0.717) is 0 Å². The molecule has 0 aliphatic heterocycles. The largest absolute Gasteiger partial charge is 0.314 e. The molecule has 0 aromatic heterocycles. The van der Waals surface area contributed by atoms with Gasteiger partial charge in [-0.2, -0.15) is 0 Å². The van der Waals surface area contributed by atoms with Gasteiger partial charge in [-0.25, -0.2) is 0 Å². The maximum absolute atomic E-state index is 2.40. The summed E-state index contributed by atoms with van der Waals surface area (Å²) in [6.07, 6.45) is 6.46. The van der Waals surface area contributed by atoms with Crippen molar-refractivity contribution in [3.05, 3.63) is 278 Å². The average molecular weight is 825 g/mol. The quantitative estimate of drug-likeness (QED) is 0.115. The van der Waals surface area contributed by atoms with Crippen LogP contribution in [0, 0.1) is 0 Å². The third-order valence-electron chi connectivity index (χ3n) is 11.7. The Bertz CT molecular complexity index is 2860. The molecule has 0 fully saturated rings. The molecule has 0 unspecified atom stereocenters. The predicted molar refractivity (Wildman–Crippen MR) is 271 cm³/mol. The van der Waals surface area contributed by atoms with Crippen molar-refractivity contribution < 1.29 is 0 Å². The van der Waals surface area contributed by atoms with Crippen molar-refractivity contribution in [2.45, 2.75) is 12.8 Å². The number of rotatable bonds is 13. The number of allylic oxidation sites excluding steroid dienone is 4. The van der Waals surface area contributed by atoms with Crippen LogP contribution in [0.3, 0.4) is 0 Å². The maximum atomic E-state index is 2.40. The molecule has 0 heterocycles. The molecule has 1 aliphatic rings. The molecule has 0 atom stereocenters. The number of benzene rings is 9. The Hall–Kier alpha value is -8.34. The highest BCUT2D eigenvalue weighted by Crippen LogP contribution is 2.42. The van der Waals surface area contributed by atoms with E-state index in [1.807, 2.05) is 0 Å². The summed E-state index contributed by atoms with van der Waals surface area (Å²) in [7, 11) is 0. The lowest BCUT2D eigenvalue weighted by molar-refractivity contribution is 0.930. The van der Waals surface area contributed by atoms with E-state index in [0.717, 1.165) is 75.4 Å². The van der Waals surface area contributed by atoms with E-state index in [9.17, 15) is 0 Å². The Morgan fingerprint density at radius 3 is 0.703 bits per heavy atom. The summed E-state index contributed by atoms with van der Waals surface area (Å²) < 4.78 is 0. The lowest BCUT2D eigenvalue weighted by Gasteiger charge is -2.31. The minimum Gasteiger partial charge on any atom is -0.314 e. The highest BCUT2D eigenvalue weighted by atomic mass is 15.2. The standard InChI is InChI=1S/C60H48N4/c1-7-19-49(20-8-1)61(50-21-9-2-10-22-50)57-39-43-59(44-40-57)63(53-27-15-5-16-28-53)55-35-31-47(32-36-55)48-33-37-56(38-34-48)64(54-29-17-6-18-30-54)60-45-41-58(42-46-60)62(51-23-11-3-12-24-51)52-25-13-4-14-26-52/h1-33,35-37,39-46H,34,38H2. The van der Waals surface area contributed by atoms with Crippen LogP contribution in [0.1, 0.15) is 18.4 Å². The zero-order valence-electron chi connectivity index (χ0n) is 35.6. The van der Waals surface area contributed by atoms with Crippen LogP contribution in [0.2, 0.25) is 0 Å². The summed E-state index contributed by atoms with van der Waals surface area (Å²) >= 11 is 0. The van der Waals surface area contributed by atoms with E-state index < -0.39 is 0 Å². The highest BCUT2D eigenvalue weighted by molar-refractivity contribution is 5.83. The van der Waals surface area contributed by atoms with Crippen molar-refractivity contribution in [1.82, 2.24) is 0 Å². The second kappa shape index (κ2) is 18.7. The molecule has 4 heteroatoms. The van der Waals surface area contributed by atoms with Crippen LogP contribution < -0.4 is 19.6 Å². The molecule has 0 saturated heterocycles. The minimum atomic E-state index is 0.913. The highest BCUT2D eigenvalue weighted by Gasteiger charge is 2.21. The Morgan fingerprint density at radius 2 is 0.438 bits per heavy atom. The second-order valence-electron chi connectivity index (χ2n) is 15.8. The van der Waals surface area contributed by atoms with Crippen LogP contribution >= 0.6 is 0 Å². The van der Waals surface area contributed by atoms with Gasteiger partial charge in [-0.05, 0) is 164 Å². The van der Waals surface area contributed by atoms with E-state index in [-0.39, 0.29) is 0 Å². The first-order valence-corrected chi connectivity index (χ1v) is 22.0. The molecule has 1 aliphatic carbocycles. The smallest absolute Gasteiger partial charge is 0.0463 e. The monoisotopic (exact) mass is 824 g/mol. The molecule has 4 nitrogen and oxygen atoms in total. The molecule has 0 radical (unpaired) electrons. The number of hydrogen-bond donors (Lipinski definition) is 0. The van der Waals surface area contributed by atoms with Crippen LogP contribution in [0.4, 0.5) is 62.6 Å². The zero-order valence-corrected chi connectivity index (χ0v) is 35.6. The molecule has 64 heavy (non-hydrogen) atoms. The summed E-state index contributed by atoms with van der Waals surface area (Å²) in [6.45, 7) is 0. The molecule has 0 spiro atoms. The van der Waals surface area contributed by atoms with Gasteiger partial charge >= 0.3 is 0 Å². The number of para-hydroxylation sites is 6. The van der Waals surface area contributed by atoms with E-state index in [1.54, 1.807) is 0 Å². The van der Waals surface area contributed by atoms with Gasteiger partial charge in [0.25, 0.3) is 0 Å². The lowest BCUT2D eigenvalue weighted by Crippen LogP contribution is -2.18. The fourth-order valence-electron chi connectivity index (χ4n) is 8.66. The second-order valence-corrected chi connectivity index (χ2v) is 15.8. The van der Waals surface area contributed by atoms with Gasteiger partial charge in [0.15, 0.2) is 0 Å². The molecule has 0 bridgehead atoms. The minimum absolute atomic E-state index is 0.913. The van der Waals surface area contributed by atoms with Gasteiger partial charge in [-0.15, -0.1) is 0 Å². The Kier molecular flexibility index (Phi) is 11.6. The first-order chi connectivity index (χ1) is 31.8. The molecule has 9 aromatic carbocycles. The molecular weight excluding hydrogens is 777 g/mol. The topological polar surface area (TPSA) is 13.0 Å². The fraction of sp³-hybridized carbons (Fsp3) is 0.0333. The van der Waals surface area contributed by atoms with Crippen molar-refractivity contribution in [3.8, 4) is 0 Å². The number of hydrogen-bond acceptors (Lipinski definition) is 4. The Morgan fingerprint density at radius 1 is 0.203 bits per heavy atom. The van der Waals surface area contributed by atoms with E-state index in [1.165, 1.54) is 16.8 Å². The van der Waals surface area contributed by atoms with Gasteiger partial charge in [0.1, 0.15) is 0 Å². The van der Waals surface area contributed by atoms with E-state index >= 15 is 0 Å². The molecule has 0 N–H and O–H groups in total. The summed E-state index contributed by atoms with van der Waals surface area (Å²) in [5, 5.41) is 0. The van der Waals surface area contributed by atoms with Crippen molar-refractivity contribution in [3.63, 3.8) is 0 Å². The van der Waals surface area contributed by atoms with Crippen molar-refractivity contribution in [1.29, 1.82) is 0 Å². The third-order valence-corrected chi connectivity index (χ3v) is 11.7. The lowest BCUT2D eigenvalue weighted by atomic mass is 9.94. The third kappa shape index (κ3) is 8.58. The average Bonchev–Trinajstić information content (AvgIpc) is 3.38. The van der Waals surface area contributed by atoms with Gasteiger partial charge in [-0.1, -0.05) is 127 Å². The van der Waals surface area contributed by atoms with E-state index in [4.69, 9.17) is 0 Å². The van der Waals surface area contributed by atoms with Gasteiger partial charge < -0.3 is 19.6 Å². The van der Waals surface area contributed by atoms with Crippen molar-refractivity contribution in [2.24, 2.45) is 0 Å².